The molecule has 1 aliphatic carbocycles. The molecular weight excluding hydrogens is 376 g/mol. The van der Waals surface area contributed by atoms with Crippen molar-refractivity contribution in [1.82, 2.24) is 20.4 Å². The summed E-state index contributed by atoms with van der Waals surface area (Å²) in [6, 6.07) is 8.86. The Bertz CT molecular complexity index is 1120. The van der Waals surface area contributed by atoms with Gasteiger partial charge in [0, 0.05) is 4.88 Å². The Morgan fingerprint density at radius 1 is 1.29 bits per heavy atom. The van der Waals surface area contributed by atoms with Crippen LogP contribution in [0.25, 0.3) is 10.9 Å². The van der Waals surface area contributed by atoms with Gasteiger partial charge in [0.05, 0.1) is 22.1 Å². The normalized spacial score (nSPS) is 15.8. The molecule has 1 unspecified atom stereocenters. The number of thiophene rings is 1. The summed E-state index contributed by atoms with van der Waals surface area (Å²) >= 11 is 1.48. The lowest BCUT2D eigenvalue weighted by atomic mass is 9.90. The minimum atomic E-state index is -0.498. The van der Waals surface area contributed by atoms with Crippen LogP contribution in [0.2, 0.25) is 0 Å². The molecule has 0 saturated heterocycles. The second kappa shape index (κ2) is 7.55. The Hall–Kier alpha value is -3.00. The number of hydrazine groups is 1. The first-order valence-electron chi connectivity index (χ1n) is 9.16. The fourth-order valence-corrected chi connectivity index (χ4v) is 4.52. The van der Waals surface area contributed by atoms with E-state index in [1.165, 1.54) is 32.7 Å². The highest BCUT2D eigenvalue weighted by Gasteiger charge is 2.21. The number of benzene rings is 1. The van der Waals surface area contributed by atoms with Crippen LogP contribution in [0, 0.1) is 5.92 Å². The SMILES string of the molecule is CC1CCc2sc(C(=O)NNC(=O)Cn3cnc4ccccc4c3=O)cc2C1. The first-order chi connectivity index (χ1) is 13.5. The lowest BCUT2D eigenvalue weighted by Crippen LogP contribution is -2.44. The molecule has 2 amide bonds. The molecule has 1 aliphatic rings. The number of carbonyl (C=O) groups is 2. The standard InChI is InChI=1S/C20H20N4O3S/c1-12-6-7-16-13(8-12)9-17(28-16)19(26)23-22-18(25)10-24-11-21-15-5-3-2-4-14(15)20(24)27/h2-5,9,11-12H,6-8,10H2,1H3,(H,22,25)(H,23,26). The summed E-state index contributed by atoms with van der Waals surface area (Å²) in [5.74, 6) is -0.210. The molecule has 2 aromatic heterocycles. The molecule has 0 spiro atoms. The van der Waals surface area contributed by atoms with E-state index in [0.717, 1.165) is 19.3 Å². The number of aromatic nitrogens is 2. The van der Waals surface area contributed by atoms with E-state index in [4.69, 9.17) is 0 Å². The van der Waals surface area contributed by atoms with Crippen LogP contribution < -0.4 is 16.4 Å². The van der Waals surface area contributed by atoms with Crippen molar-refractivity contribution in [2.75, 3.05) is 0 Å². The summed E-state index contributed by atoms with van der Waals surface area (Å²) in [6.45, 7) is 1.99. The maximum absolute atomic E-state index is 12.4. The predicted octanol–water partition coefficient (Wildman–Crippen LogP) is 2.04. The zero-order valence-corrected chi connectivity index (χ0v) is 16.2. The number of para-hydroxylation sites is 1. The van der Waals surface area contributed by atoms with E-state index in [-0.39, 0.29) is 18.0 Å². The Labute approximate surface area is 165 Å². The highest BCUT2D eigenvalue weighted by molar-refractivity contribution is 7.14. The third kappa shape index (κ3) is 3.68. The van der Waals surface area contributed by atoms with E-state index in [2.05, 4.69) is 22.8 Å². The molecule has 4 rings (SSSR count). The van der Waals surface area contributed by atoms with Crippen molar-refractivity contribution in [3.05, 3.63) is 62.3 Å². The number of amides is 2. The smallest absolute Gasteiger partial charge is 0.279 e. The summed E-state index contributed by atoms with van der Waals surface area (Å²) in [4.78, 5) is 42.9. The molecule has 0 fully saturated rings. The molecule has 0 bridgehead atoms. The number of aryl methyl sites for hydroxylation is 1. The van der Waals surface area contributed by atoms with Gasteiger partial charge in [-0.3, -0.25) is 29.8 Å². The van der Waals surface area contributed by atoms with Crippen LogP contribution in [-0.2, 0) is 24.2 Å². The zero-order valence-electron chi connectivity index (χ0n) is 15.4. The first-order valence-corrected chi connectivity index (χ1v) is 9.98. The molecule has 144 valence electrons. The Morgan fingerprint density at radius 2 is 2.11 bits per heavy atom. The second-order valence-electron chi connectivity index (χ2n) is 7.10. The van der Waals surface area contributed by atoms with Crippen LogP contribution >= 0.6 is 11.3 Å². The molecule has 0 saturated carbocycles. The molecule has 2 heterocycles. The van der Waals surface area contributed by atoms with Crippen LogP contribution in [0.5, 0.6) is 0 Å². The van der Waals surface area contributed by atoms with Gasteiger partial charge in [0.2, 0.25) is 0 Å². The van der Waals surface area contributed by atoms with Crippen molar-refractivity contribution in [3.63, 3.8) is 0 Å². The number of rotatable bonds is 3. The van der Waals surface area contributed by atoms with E-state index >= 15 is 0 Å². The van der Waals surface area contributed by atoms with Gasteiger partial charge in [-0.25, -0.2) is 4.98 Å². The third-order valence-electron chi connectivity index (χ3n) is 4.91. The number of hydrogen-bond acceptors (Lipinski definition) is 5. The van der Waals surface area contributed by atoms with Crippen LogP contribution in [0.1, 0.15) is 33.5 Å². The Balaban J connectivity index is 1.39. The minimum Gasteiger partial charge on any atom is -0.289 e. The third-order valence-corrected chi connectivity index (χ3v) is 6.15. The molecule has 2 N–H and O–H groups in total. The van der Waals surface area contributed by atoms with Crippen LogP contribution in [-0.4, -0.2) is 21.4 Å². The van der Waals surface area contributed by atoms with Crippen LogP contribution in [0.15, 0.2) is 41.5 Å². The van der Waals surface area contributed by atoms with Gasteiger partial charge >= 0.3 is 0 Å². The number of fused-ring (bicyclic) bond motifs is 2. The van der Waals surface area contributed by atoms with E-state index < -0.39 is 5.91 Å². The molecule has 3 aromatic rings. The van der Waals surface area contributed by atoms with Gasteiger partial charge in [0.25, 0.3) is 17.4 Å². The van der Waals surface area contributed by atoms with E-state index in [1.807, 2.05) is 6.07 Å². The fourth-order valence-electron chi connectivity index (χ4n) is 3.42. The van der Waals surface area contributed by atoms with Crippen molar-refractivity contribution < 1.29 is 9.59 Å². The second-order valence-corrected chi connectivity index (χ2v) is 8.24. The average Bonchev–Trinajstić information content (AvgIpc) is 3.12. The molecular formula is C20H20N4O3S. The molecule has 0 radical (unpaired) electrons. The monoisotopic (exact) mass is 396 g/mol. The van der Waals surface area contributed by atoms with Crippen molar-refractivity contribution in [2.24, 2.45) is 5.92 Å². The maximum Gasteiger partial charge on any atom is 0.279 e. The molecule has 0 aliphatic heterocycles. The van der Waals surface area contributed by atoms with Crippen molar-refractivity contribution >= 4 is 34.1 Å². The lowest BCUT2D eigenvalue weighted by molar-refractivity contribution is -0.122. The first kappa shape index (κ1) is 18.4. The summed E-state index contributed by atoms with van der Waals surface area (Å²) < 4.78 is 1.22. The van der Waals surface area contributed by atoms with Gasteiger partial charge in [0.1, 0.15) is 6.54 Å². The molecule has 28 heavy (non-hydrogen) atoms. The van der Waals surface area contributed by atoms with Gasteiger partial charge < -0.3 is 0 Å². The van der Waals surface area contributed by atoms with Gasteiger partial charge in [-0.15, -0.1) is 11.3 Å². The summed E-state index contributed by atoms with van der Waals surface area (Å²) in [5.41, 5.74) is 6.32. The predicted molar refractivity (Wildman–Crippen MR) is 107 cm³/mol. The summed E-state index contributed by atoms with van der Waals surface area (Å²) in [7, 11) is 0. The van der Waals surface area contributed by atoms with E-state index in [1.54, 1.807) is 24.3 Å². The summed E-state index contributed by atoms with van der Waals surface area (Å²) in [6.07, 6.45) is 4.46. The van der Waals surface area contributed by atoms with Gasteiger partial charge in [-0.1, -0.05) is 19.1 Å². The zero-order chi connectivity index (χ0) is 19.7. The van der Waals surface area contributed by atoms with Crippen LogP contribution in [0.3, 0.4) is 0 Å². The number of carbonyl (C=O) groups excluding carboxylic acids is 2. The van der Waals surface area contributed by atoms with Crippen LogP contribution in [0.4, 0.5) is 0 Å². The van der Waals surface area contributed by atoms with Crippen molar-refractivity contribution in [3.8, 4) is 0 Å². The topological polar surface area (TPSA) is 93.1 Å². The summed E-state index contributed by atoms with van der Waals surface area (Å²) in [5, 5.41) is 0.445. The quantitative estimate of drug-likeness (QED) is 0.663. The maximum atomic E-state index is 12.4. The van der Waals surface area contributed by atoms with Crippen molar-refractivity contribution in [1.29, 1.82) is 0 Å². The van der Waals surface area contributed by atoms with E-state index in [9.17, 15) is 14.4 Å². The fraction of sp³-hybridized carbons (Fsp3) is 0.300. The average molecular weight is 396 g/mol. The number of nitrogens with one attached hydrogen (secondary N) is 2. The number of nitrogens with zero attached hydrogens (tertiary/aromatic N) is 2. The molecule has 1 aromatic carbocycles. The molecule has 7 nitrogen and oxygen atoms in total. The number of hydrogen-bond donors (Lipinski definition) is 2. The Morgan fingerprint density at radius 3 is 2.96 bits per heavy atom. The highest BCUT2D eigenvalue weighted by atomic mass is 32.1. The largest absolute Gasteiger partial charge is 0.289 e. The lowest BCUT2D eigenvalue weighted by Gasteiger charge is -2.16. The van der Waals surface area contributed by atoms with Gasteiger partial charge in [-0.05, 0) is 48.9 Å². The molecule has 1 atom stereocenters. The highest BCUT2D eigenvalue weighted by Crippen LogP contribution is 2.32. The minimum absolute atomic E-state index is 0.227. The van der Waals surface area contributed by atoms with Gasteiger partial charge in [0.15, 0.2) is 0 Å². The van der Waals surface area contributed by atoms with Gasteiger partial charge in [-0.2, -0.15) is 0 Å². The Kier molecular flexibility index (Phi) is 4.95. The van der Waals surface area contributed by atoms with E-state index in [0.29, 0.717) is 21.7 Å². The molecule has 8 heteroatoms. The van der Waals surface area contributed by atoms with Crippen molar-refractivity contribution in [2.45, 2.75) is 32.7 Å².